The zero-order chi connectivity index (χ0) is 16.7. The number of likely N-dealkylation sites (tertiary alicyclic amines) is 1. The van der Waals surface area contributed by atoms with Crippen LogP contribution in [0.3, 0.4) is 0 Å². The van der Waals surface area contributed by atoms with E-state index in [1.807, 2.05) is 4.90 Å². The molecule has 1 aliphatic carbocycles. The molecule has 1 atom stereocenters. The van der Waals surface area contributed by atoms with Gasteiger partial charge in [0.25, 0.3) is 0 Å². The topological polar surface area (TPSA) is 49.4 Å². The van der Waals surface area contributed by atoms with E-state index in [1.54, 1.807) is 0 Å². The summed E-state index contributed by atoms with van der Waals surface area (Å²) in [4.78, 5) is 26.5. The first-order chi connectivity index (χ1) is 11.0. The minimum Gasteiger partial charge on any atom is -0.352 e. The van der Waals surface area contributed by atoms with Gasteiger partial charge in [-0.3, -0.25) is 9.59 Å². The average molecular weight is 322 g/mol. The molecule has 2 rings (SSSR count). The number of carbonyl (C=O) groups excluding carboxylic acids is 2. The number of nitrogens with zero attached hydrogens (tertiary/aromatic N) is 1. The van der Waals surface area contributed by atoms with E-state index in [0.717, 1.165) is 38.1 Å². The molecule has 132 valence electrons. The number of nitrogens with one attached hydrogen (secondary N) is 1. The predicted octanol–water partition coefficient (Wildman–Crippen LogP) is 3.50. The average Bonchev–Trinajstić information content (AvgIpc) is 2.90. The number of amides is 2. The second-order valence-electron chi connectivity index (χ2n) is 7.89. The maximum Gasteiger partial charge on any atom is 0.222 e. The van der Waals surface area contributed by atoms with Crippen LogP contribution in [0.5, 0.6) is 0 Å². The van der Waals surface area contributed by atoms with E-state index in [9.17, 15) is 9.59 Å². The molecule has 2 aliphatic rings. The summed E-state index contributed by atoms with van der Waals surface area (Å²) in [6.07, 6.45) is 10.7. The molecule has 0 aromatic heterocycles. The van der Waals surface area contributed by atoms with E-state index >= 15 is 0 Å². The second kappa shape index (κ2) is 9.29. The van der Waals surface area contributed by atoms with Crippen LogP contribution >= 0.6 is 0 Å². The normalized spacial score (nSPS) is 23.1. The van der Waals surface area contributed by atoms with E-state index in [2.05, 4.69) is 19.2 Å². The third kappa shape index (κ3) is 6.52. The van der Waals surface area contributed by atoms with Gasteiger partial charge >= 0.3 is 0 Å². The quantitative estimate of drug-likeness (QED) is 0.813. The SMILES string of the molecule is CC(C)CC(=O)N1CCCCC(NC(=O)CCC2CCCC2)C1. The third-order valence-electron chi connectivity index (χ3n) is 5.23. The first-order valence-electron chi connectivity index (χ1n) is 9.61. The second-order valence-corrected chi connectivity index (χ2v) is 7.89. The first-order valence-corrected chi connectivity index (χ1v) is 9.61. The maximum atomic E-state index is 12.3. The van der Waals surface area contributed by atoms with E-state index < -0.39 is 0 Å². The van der Waals surface area contributed by atoms with Crippen molar-refractivity contribution < 1.29 is 9.59 Å². The molecule has 4 heteroatoms. The van der Waals surface area contributed by atoms with E-state index in [4.69, 9.17) is 0 Å². The van der Waals surface area contributed by atoms with Crippen molar-refractivity contribution in [2.24, 2.45) is 11.8 Å². The molecule has 2 amide bonds. The van der Waals surface area contributed by atoms with Crippen LogP contribution in [0.15, 0.2) is 0 Å². The highest BCUT2D eigenvalue weighted by molar-refractivity contribution is 5.77. The highest BCUT2D eigenvalue weighted by atomic mass is 16.2. The van der Waals surface area contributed by atoms with Crippen molar-refractivity contribution in [3.63, 3.8) is 0 Å². The molecule has 0 bridgehead atoms. The summed E-state index contributed by atoms with van der Waals surface area (Å²) in [6, 6.07) is 0.143. The zero-order valence-electron chi connectivity index (χ0n) is 15.0. The summed E-state index contributed by atoms with van der Waals surface area (Å²) in [5, 5.41) is 3.19. The zero-order valence-corrected chi connectivity index (χ0v) is 15.0. The van der Waals surface area contributed by atoms with Gasteiger partial charge in [-0.25, -0.2) is 0 Å². The highest BCUT2D eigenvalue weighted by Crippen LogP contribution is 2.28. The largest absolute Gasteiger partial charge is 0.352 e. The number of carbonyl (C=O) groups is 2. The number of hydrogen-bond acceptors (Lipinski definition) is 2. The van der Waals surface area contributed by atoms with Crippen molar-refractivity contribution in [2.75, 3.05) is 13.1 Å². The van der Waals surface area contributed by atoms with Gasteiger partial charge in [-0.1, -0.05) is 39.5 Å². The van der Waals surface area contributed by atoms with E-state index in [0.29, 0.717) is 25.3 Å². The van der Waals surface area contributed by atoms with Gasteiger partial charge in [0.15, 0.2) is 0 Å². The van der Waals surface area contributed by atoms with Crippen LogP contribution in [0.25, 0.3) is 0 Å². The summed E-state index contributed by atoms with van der Waals surface area (Å²) in [5.41, 5.74) is 0. The summed E-state index contributed by atoms with van der Waals surface area (Å²) in [5.74, 6) is 1.58. The molecule has 1 heterocycles. The Balaban J connectivity index is 1.75. The van der Waals surface area contributed by atoms with Gasteiger partial charge in [0, 0.05) is 32.0 Å². The van der Waals surface area contributed by atoms with Crippen molar-refractivity contribution in [1.29, 1.82) is 0 Å². The number of hydrogen-bond donors (Lipinski definition) is 1. The van der Waals surface area contributed by atoms with Gasteiger partial charge in [-0.05, 0) is 37.5 Å². The standard InChI is InChI=1S/C19H34N2O2/c1-15(2)13-19(23)21-12-6-5-9-17(14-21)20-18(22)11-10-16-7-3-4-8-16/h15-17H,3-14H2,1-2H3,(H,20,22). The molecule has 23 heavy (non-hydrogen) atoms. The molecule has 4 nitrogen and oxygen atoms in total. The molecule has 1 aliphatic heterocycles. The fraction of sp³-hybridized carbons (Fsp3) is 0.895. The van der Waals surface area contributed by atoms with Crippen molar-refractivity contribution >= 4 is 11.8 Å². The summed E-state index contributed by atoms with van der Waals surface area (Å²) in [7, 11) is 0. The molecule has 0 aromatic rings. The van der Waals surface area contributed by atoms with Crippen molar-refractivity contribution in [3.8, 4) is 0 Å². The summed E-state index contributed by atoms with van der Waals surface area (Å²) < 4.78 is 0. The molecule has 1 saturated heterocycles. The lowest BCUT2D eigenvalue weighted by Crippen LogP contribution is -2.44. The van der Waals surface area contributed by atoms with Gasteiger partial charge in [0.1, 0.15) is 0 Å². The lowest BCUT2D eigenvalue weighted by molar-refractivity contribution is -0.132. The molecule has 0 radical (unpaired) electrons. The first kappa shape index (κ1) is 18.3. The third-order valence-corrected chi connectivity index (χ3v) is 5.23. The highest BCUT2D eigenvalue weighted by Gasteiger charge is 2.24. The van der Waals surface area contributed by atoms with Gasteiger partial charge in [0.05, 0.1) is 0 Å². The minimum absolute atomic E-state index is 0.143. The van der Waals surface area contributed by atoms with E-state index in [1.165, 1.54) is 25.7 Å². The molecule has 1 N–H and O–H groups in total. The Hall–Kier alpha value is -1.06. The monoisotopic (exact) mass is 322 g/mol. The number of rotatable bonds is 6. The molecule has 0 spiro atoms. The Kier molecular flexibility index (Phi) is 7.38. The maximum absolute atomic E-state index is 12.3. The smallest absolute Gasteiger partial charge is 0.222 e. The molecule has 1 saturated carbocycles. The lowest BCUT2D eigenvalue weighted by Gasteiger charge is -2.26. The molecule has 2 fully saturated rings. The predicted molar refractivity (Wildman–Crippen MR) is 93.0 cm³/mol. The minimum atomic E-state index is 0.143. The molecular weight excluding hydrogens is 288 g/mol. The van der Waals surface area contributed by atoms with E-state index in [-0.39, 0.29) is 17.9 Å². The van der Waals surface area contributed by atoms with Gasteiger partial charge in [-0.15, -0.1) is 0 Å². The lowest BCUT2D eigenvalue weighted by atomic mass is 10.0. The van der Waals surface area contributed by atoms with Crippen LogP contribution in [0.1, 0.15) is 78.1 Å². The van der Waals surface area contributed by atoms with Crippen molar-refractivity contribution in [2.45, 2.75) is 84.1 Å². The van der Waals surface area contributed by atoms with Crippen LogP contribution in [0.2, 0.25) is 0 Å². The Labute approximate surface area is 141 Å². The van der Waals surface area contributed by atoms with Crippen molar-refractivity contribution in [3.05, 3.63) is 0 Å². The van der Waals surface area contributed by atoms with Crippen LogP contribution in [0.4, 0.5) is 0 Å². The molecule has 1 unspecified atom stereocenters. The van der Waals surface area contributed by atoms with Gasteiger partial charge in [0.2, 0.25) is 11.8 Å². The van der Waals surface area contributed by atoms with Gasteiger partial charge < -0.3 is 10.2 Å². The van der Waals surface area contributed by atoms with Gasteiger partial charge in [-0.2, -0.15) is 0 Å². The van der Waals surface area contributed by atoms with Crippen molar-refractivity contribution in [1.82, 2.24) is 10.2 Å². The van der Waals surface area contributed by atoms with Crippen LogP contribution in [0, 0.1) is 11.8 Å². The van der Waals surface area contributed by atoms with Crippen LogP contribution in [-0.2, 0) is 9.59 Å². The fourth-order valence-electron chi connectivity index (χ4n) is 3.90. The van der Waals surface area contributed by atoms with Crippen LogP contribution in [-0.4, -0.2) is 35.8 Å². The fourth-order valence-corrected chi connectivity index (χ4v) is 3.90. The Morgan fingerprint density at radius 2 is 1.78 bits per heavy atom. The molecule has 0 aromatic carbocycles. The molecular formula is C19H34N2O2. The Morgan fingerprint density at radius 3 is 2.48 bits per heavy atom. The van der Waals surface area contributed by atoms with Crippen LogP contribution < -0.4 is 5.32 Å². The summed E-state index contributed by atoms with van der Waals surface area (Å²) in [6.45, 7) is 5.71. The Bertz CT molecular complexity index is 389. The Morgan fingerprint density at radius 1 is 1.09 bits per heavy atom. The summed E-state index contributed by atoms with van der Waals surface area (Å²) >= 11 is 0.